The molecule has 2 rings (SSSR count). The van der Waals surface area contributed by atoms with Gasteiger partial charge in [0.25, 0.3) is 0 Å². The molecule has 1 heterocycles. The van der Waals surface area contributed by atoms with Crippen molar-refractivity contribution >= 4 is 15.9 Å². The Labute approximate surface area is 127 Å². The molecule has 4 nitrogen and oxygen atoms in total. The van der Waals surface area contributed by atoms with Crippen molar-refractivity contribution in [3.05, 3.63) is 45.8 Å². The van der Waals surface area contributed by atoms with E-state index in [4.69, 9.17) is 19.6 Å². The van der Waals surface area contributed by atoms with Crippen molar-refractivity contribution in [2.24, 2.45) is 5.73 Å². The van der Waals surface area contributed by atoms with Gasteiger partial charge in [0, 0.05) is 10.9 Å². The lowest BCUT2D eigenvalue weighted by Crippen LogP contribution is -2.12. The number of furan rings is 1. The van der Waals surface area contributed by atoms with Crippen LogP contribution in [0.4, 0.5) is 0 Å². The smallest absolute Gasteiger partial charge is 0.161 e. The molecule has 1 aromatic heterocycles. The lowest BCUT2D eigenvalue weighted by atomic mass is 10.0. The lowest BCUT2D eigenvalue weighted by Gasteiger charge is -2.15. The van der Waals surface area contributed by atoms with Crippen LogP contribution < -0.4 is 15.2 Å². The summed E-state index contributed by atoms with van der Waals surface area (Å²) >= 11 is 3.52. The zero-order chi connectivity index (χ0) is 14.7. The van der Waals surface area contributed by atoms with E-state index in [0.717, 1.165) is 28.0 Å². The fourth-order valence-corrected chi connectivity index (χ4v) is 2.58. The summed E-state index contributed by atoms with van der Waals surface area (Å²) in [6.45, 7) is 2.04. The molecule has 108 valence electrons. The zero-order valence-electron chi connectivity index (χ0n) is 11.8. The third kappa shape index (κ3) is 2.83. The molecular weight excluding hydrogens is 322 g/mol. The average Bonchev–Trinajstić information content (AvgIpc) is 2.95. The minimum Gasteiger partial charge on any atom is -0.493 e. The van der Waals surface area contributed by atoms with Gasteiger partial charge in [0.15, 0.2) is 11.5 Å². The third-order valence-corrected chi connectivity index (χ3v) is 3.86. The van der Waals surface area contributed by atoms with Crippen LogP contribution in [-0.2, 0) is 6.42 Å². The standard InChI is InChI=1S/C15H18BrNO3/c1-4-9-5-6-12(20-9)15(17)10-7-13(18-2)14(19-3)8-11(10)16/h5-8,15H,4,17H2,1-3H3. The van der Waals surface area contributed by atoms with Crippen LogP contribution in [-0.4, -0.2) is 14.2 Å². The first-order chi connectivity index (χ1) is 9.60. The maximum absolute atomic E-state index is 6.28. The van der Waals surface area contributed by atoms with Gasteiger partial charge in [-0.1, -0.05) is 22.9 Å². The van der Waals surface area contributed by atoms with Gasteiger partial charge in [-0.15, -0.1) is 0 Å². The van der Waals surface area contributed by atoms with Gasteiger partial charge in [0.2, 0.25) is 0 Å². The minimum absolute atomic E-state index is 0.357. The molecule has 0 amide bonds. The molecule has 0 spiro atoms. The van der Waals surface area contributed by atoms with Crippen molar-refractivity contribution in [2.75, 3.05) is 14.2 Å². The summed E-state index contributed by atoms with van der Waals surface area (Å²) in [5.41, 5.74) is 7.17. The molecule has 0 aliphatic carbocycles. The van der Waals surface area contributed by atoms with Crippen LogP contribution in [0.1, 0.15) is 30.0 Å². The molecule has 0 saturated heterocycles. The molecule has 1 unspecified atom stereocenters. The Morgan fingerprint density at radius 2 is 1.85 bits per heavy atom. The first kappa shape index (κ1) is 14.9. The van der Waals surface area contributed by atoms with Crippen molar-refractivity contribution in [3.63, 3.8) is 0 Å². The molecule has 0 aliphatic rings. The summed E-state index contributed by atoms with van der Waals surface area (Å²) in [5, 5.41) is 0. The Morgan fingerprint density at radius 3 is 2.40 bits per heavy atom. The predicted molar refractivity (Wildman–Crippen MR) is 81.4 cm³/mol. The van der Waals surface area contributed by atoms with Crippen molar-refractivity contribution in [1.82, 2.24) is 0 Å². The van der Waals surface area contributed by atoms with Crippen LogP contribution >= 0.6 is 15.9 Å². The Kier molecular flexibility index (Phi) is 4.73. The fraction of sp³-hybridized carbons (Fsp3) is 0.333. The Balaban J connectivity index is 2.40. The number of hydrogen-bond acceptors (Lipinski definition) is 4. The Bertz CT molecular complexity index is 595. The van der Waals surface area contributed by atoms with Gasteiger partial charge >= 0.3 is 0 Å². The number of halogens is 1. The van der Waals surface area contributed by atoms with Crippen LogP contribution in [0.15, 0.2) is 33.2 Å². The summed E-state index contributed by atoms with van der Waals surface area (Å²) in [4.78, 5) is 0. The van der Waals surface area contributed by atoms with Crippen LogP contribution in [0.25, 0.3) is 0 Å². The molecule has 2 N–H and O–H groups in total. The first-order valence-corrected chi connectivity index (χ1v) is 7.15. The normalized spacial score (nSPS) is 12.2. The number of benzene rings is 1. The predicted octanol–water partition coefficient (Wildman–Crippen LogP) is 3.67. The summed E-state index contributed by atoms with van der Waals surface area (Å²) in [6, 6.07) is 7.21. The van der Waals surface area contributed by atoms with Gasteiger partial charge < -0.3 is 19.6 Å². The van der Waals surface area contributed by atoms with E-state index in [1.165, 1.54) is 0 Å². The maximum atomic E-state index is 6.28. The third-order valence-electron chi connectivity index (χ3n) is 3.18. The molecule has 0 saturated carbocycles. The Morgan fingerprint density at radius 1 is 1.20 bits per heavy atom. The van der Waals surface area contributed by atoms with E-state index < -0.39 is 0 Å². The number of methoxy groups -OCH3 is 2. The van der Waals surface area contributed by atoms with E-state index in [-0.39, 0.29) is 6.04 Å². The van der Waals surface area contributed by atoms with Crippen LogP contribution in [0.3, 0.4) is 0 Å². The summed E-state index contributed by atoms with van der Waals surface area (Å²) in [7, 11) is 3.20. The summed E-state index contributed by atoms with van der Waals surface area (Å²) in [6.07, 6.45) is 0.847. The van der Waals surface area contributed by atoms with Gasteiger partial charge in [0.05, 0.1) is 20.3 Å². The largest absolute Gasteiger partial charge is 0.493 e. The van der Waals surface area contributed by atoms with Crippen LogP contribution in [0, 0.1) is 0 Å². The van der Waals surface area contributed by atoms with E-state index >= 15 is 0 Å². The molecule has 0 fully saturated rings. The molecule has 1 aromatic carbocycles. The van der Waals surface area contributed by atoms with Crippen LogP contribution in [0.5, 0.6) is 11.5 Å². The second-order valence-electron chi connectivity index (χ2n) is 4.36. The Hall–Kier alpha value is -1.46. The van der Waals surface area contributed by atoms with Gasteiger partial charge in [-0.2, -0.15) is 0 Å². The second-order valence-corrected chi connectivity index (χ2v) is 5.22. The fourth-order valence-electron chi connectivity index (χ4n) is 2.01. The molecule has 1 atom stereocenters. The summed E-state index contributed by atoms with van der Waals surface area (Å²) < 4.78 is 17.1. The topological polar surface area (TPSA) is 57.6 Å². The second kappa shape index (κ2) is 6.33. The van der Waals surface area contributed by atoms with Crippen LogP contribution in [0.2, 0.25) is 0 Å². The molecule has 0 bridgehead atoms. The van der Waals surface area contributed by atoms with Gasteiger partial charge in [-0.25, -0.2) is 0 Å². The zero-order valence-corrected chi connectivity index (χ0v) is 13.4. The molecule has 0 radical (unpaired) electrons. The number of nitrogens with two attached hydrogens (primary N) is 1. The summed E-state index contributed by atoms with van der Waals surface area (Å²) in [5.74, 6) is 2.95. The monoisotopic (exact) mass is 339 g/mol. The lowest BCUT2D eigenvalue weighted by molar-refractivity contribution is 0.353. The molecule has 20 heavy (non-hydrogen) atoms. The van der Waals surface area contributed by atoms with Crippen molar-refractivity contribution in [3.8, 4) is 11.5 Å². The first-order valence-electron chi connectivity index (χ1n) is 6.36. The number of hydrogen-bond donors (Lipinski definition) is 1. The van der Waals surface area contributed by atoms with Crippen molar-refractivity contribution < 1.29 is 13.9 Å². The number of rotatable bonds is 5. The van der Waals surface area contributed by atoms with Gasteiger partial charge in [-0.05, 0) is 29.8 Å². The van der Waals surface area contributed by atoms with Crippen molar-refractivity contribution in [1.29, 1.82) is 0 Å². The minimum atomic E-state index is -0.357. The van der Waals surface area contributed by atoms with E-state index in [1.54, 1.807) is 14.2 Å². The maximum Gasteiger partial charge on any atom is 0.161 e. The SMILES string of the molecule is CCc1ccc(C(N)c2cc(OC)c(OC)cc2Br)o1. The van der Waals surface area contributed by atoms with E-state index in [0.29, 0.717) is 11.5 Å². The highest BCUT2D eigenvalue weighted by Crippen LogP contribution is 2.37. The van der Waals surface area contributed by atoms with E-state index in [2.05, 4.69) is 15.9 Å². The van der Waals surface area contributed by atoms with E-state index in [1.807, 2.05) is 31.2 Å². The van der Waals surface area contributed by atoms with Gasteiger partial charge in [0.1, 0.15) is 11.5 Å². The number of ether oxygens (including phenoxy) is 2. The molecular formula is C15H18BrNO3. The quantitative estimate of drug-likeness (QED) is 0.902. The highest BCUT2D eigenvalue weighted by molar-refractivity contribution is 9.10. The number of aryl methyl sites for hydroxylation is 1. The molecule has 0 aliphatic heterocycles. The van der Waals surface area contributed by atoms with Gasteiger partial charge in [-0.3, -0.25) is 0 Å². The van der Waals surface area contributed by atoms with Crippen molar-refractivity contribution in [2.45, 2.75) is 19.4 Å². The molecule has 5 heteroatoms. The van der Waals surface area contributed by atoms with E-state index in [9.17, 15) is 0 Å². The molecule has 2 aromatic rings. The highest BCUT2D eigenvalue weighted by Gasteiger charge is 2.19. The average molecular weight is 340 g/mol. The highest BCUT2D eigenvalue weighted by atomic mass is 79.9.